The van der Waals surface area contributed by atoms with E-state index in [4.69, 9.17) is 0 Å². The molecule has 0 bridgehead atoms. The summed E-state index contributed by atoms with van der Waals surface area (Å²) in [5.41, 5.74) is 4.82. The molecule has 2 aromatic rings. The molecule has 7 heteroatoms. The number of halogens is 3. The summed E-state index contributed by atoms with van der Waals surface area (Å²) >= 11 is 0. The molecule has 0 spiro atoms. The summed E-state index contributed by atoms with van der Waals surface area (Å²) in [5, 5.41) is 7.24. The van der Waals surface area contributed by atoms with Gasteiger partial charge in [-0.15, -0.1) is 0 Å². The van der Waals surface area contributed by atoms with Gasteiger partial charge in [-0.1, -0.05) is 36.4 Å². The molecular weight excluding hydrogens is 381 g/mol. The maximum absolute atomic E-state index is 11.8. The average Bonchev–Trinajstić information content (AvgIpc) is 2.63. The van der Waals surface area contributed by atoms with Crippen LogP contribution in [-0.4, -0.2) is 31.5 Å². The maximum atomic E-state index is 11.8. The van der Waals surface area contributed by atoms with Crippen molar-refractivity contribution in [2.45, 2.75) is 39.3 Å². The number of fused-ring (bicyclic) bond motifs is 1. The van der Waals surface area contributed by atoms with E-state index in [2.05, 4.69) is 24.4 Å². The molecule has 1 saturated carbocycles. The largest absolute Gasteiger partial charge is 0.405 e. The van der Waals surface area contributed by atoms with Crippen LogP contribution in [0.1, 0.15) is 49.0 Å². The van der Waals surface area contributed by atoms with Crippen LogP contribution >= 0.6 is 0 Å². The predicted octanol–water partition coefficient (Wildman–Crippen LogP) is 4.84. The molecule has 0 saturated heterocycles. The van der Waals surface area contributed by atoms with Gasteiger partial charge in [-0.05, 0) is 49.5 Å². The van der Waals surface area contributed by atoms with Crippen molar-refractivity contribution in [2.24, 2.45) is 0 Å². The molecule has 156 valence electrons. The lowest BCUT2D eigenvalue weighted by molar-refractivity contribution is -0.132. The predicted molar refractivity (Wildman–Crippen MR) is 109 cm³/mol. The first-order chi connectivity index (χ1) is 13.8. The number of rotatable bonds is 6. The normalized spacial score (nSPS) is 13.1. The number of amides is 1. The molecule has 0 heterocycles. The van der Waals surface area contributed by atoms with E-state index < -0.39 is 12.7 Å². The van der Waals surface area contributed by atoms with E-state index in [1.54, 1.807) is 6.92 Å². The molecule has 0 radical (unpaired) electrons. The van der Waals surface area contributed by atoms with Crippen LogP contribution in [0.15, 0.2) is 42.0 Å². The van der Waals surface area contributed by atoms with Crippen molar-refractivity contribution in [3.8, 4) is 0 Å². The Hall–Kier alpha value is -2.83. The second kappa shape index (κ2) is 10.1. The van der Waals surface area contributed by atoms with E-state index in [1.807, 2.05) is 24.3 Å². The van der Waals surface area contributed by atoms with Crippen molar-refractivity contribution < 1.29 is 22.8 Å². The van der Waals surface area contributed by atoms with Crippen molar-refractivity contribution in [3.63, 3.8) is 0 Å². The van der Waals surface area contributed by atoms with Gasteiger partial charge in [0.25, 0.3) is 0 Å². The lowest BCUT2D eigenvalue weighted by atomic mass is 9.86. The van der Waals surface area contributed by atoms with Gasteiger partial charge in [-0.25, -0.2) is 0 Å². The molecule has 0 aromatic heterocycles. The van der Waals surface area contributed by atoms with Gasteiger partial charge < -0.3 is 10.6 Å². The number of Topliss-reactive ketones (excluding diaryl/α,β-unsaturated/α-hetero) is 1. The highest BCUT2D eigenvalue weighted by molar-refractivity contribution is 6.09. The summed E-state index contributed by atoms with van der Waals surface area (Å²) in [6, 6.07) is 12.3. The highest BCUT2D eigenvalue weighted by Crippen LogP contribution is 2.35. The van der Waals surface area contributed by atoms with Gasteiger partial charge in [0.05, 0.1) is 0 Å². The third-order valence-corrected chi connectivity index (χ3v) is 4.62. The minimum atomic E-state index is -4.29. The molecule has 2 N–H and O–H groups in total. The first-order valence-electron chi connectivity index (χ1n) is 9.51. The first-order valence-corrected chi connectivity index (χ1v) is 9.51. The number of hydrogen-bond donors (Lipinski definition) is 2. The second-order valence-corrected chi connectivity index (χ2v) is 6.74. The number of benzene rings is 2. The Balaban J connectivity index is 0.000000321. The van der Waals surface area contributed by atoms with E-state index in [-0.39, 0.29) is 12.2 Å². The van der Waals surface area contributed by atoms with Crippen molar-refractivity contribution in [3.05, 3.63) is 53.1 Å². The number of carbonyl (C=O) groups excluding carboxylic acids is 2. The van der Waals surface area contributed by atoms with Gasteiger partial charge in [-0.3, -0.25) is 9.59 Å². The van der Waals surface area contributed by atoms with E-state index in [1.165, 1.54) is 46.8 Å². The fraction of sp³-hybridized carbons (Fsp3) is 0.364. The first kappa shape index (κ1) is 22.5. The third-order valence-electron chi connectivity index (χ3n) is 4.62. The molecule has 1 aliphatic rings. The molecule has 1 aliphatic carbocycles. The summed E-state index contributed by atoms with van der Waals surface area (Å²) < 4.78 is 33.1. The zero-order valence-corrected chi connectivity index (χ0v) is 16.5. The highest BCUT2D eigenvalue weighted by atomic mass is 19.4. The average molecular weight is 406 g/mol. The Kier molecular flexibility index (Phi) is 7.82. The lowest BCUT2D eigenvalue weighted by Gasteiger charge is -2.24. The van der Waals surface area contributed by atoms with E-state index >= 15 is 0 Å². The second-order valence-electron chi connectivity index (χ2n) is 6.74. The number of hydrogen-bond acceptors (Lipinski definition) is 3. The number of ketones is 1. The summed E-state index contributed by atoms with van der Waals surface area (Å²) in [4.78, 5) is 21.1. The van der Waals surface area contributed by atoms with Crippen LogP contribution in [0.3, 0.4) is 0 Å². The van der Waals surface area contributed by atoms with Gasteiger partial charge in [0.15, 0.2) is 5.78 Å². The van der Waals surface area contributed by atoms with Crippen molar-refractivity contribution in [2.75, 3.05) is 13.1 Å². The Morgan fingerprint density at radius 1 is 1.07 bits per heavy atom. The van der Waals surface area contributed by atoms with E-state index in [0.717, 1.165) is 17.5 Å². The monoisotopic (exact) mass is 406 g/mol. The Labute approximate surface area is 168 Å². The van der Waals surface area contributed by atoms with Gasteiger partial charge >= 0.3 is 6.18 Å². The summed E-state index contributed by atoms with van der Waals surface area (Å²) in [6.45, 7) is 3.43. The van der Waals surface area contributed by atoms with Gasteiger partial charge in [0.1, 0.15) is 6.54 Å². The van der Waals surface area contributed by atoms with Gasteiger partial charge in [0.2, 0.25) is 6.41 Å². The van der Waals surface area contributed by atoms with Crippen molar-refractivity contribution >= 4 is 28.7 Å². The van der Waals surface area contributed by atoms with Gasteiger partial charge in [0, 0.05) is 23.4 Å². The smallest absolute Gasteiger partial charge is 0.385 e. The van der Waals surface area contributed by atoms with Gasteiger partial charge in [-0.2, -0.15) is 13.2 Å². The zero-order valence-electron chi connectivity index (χ0n) is 16.5. The molecule has 3 rings (SSSR count). The molecule has 0 unspecified atom stereocenters. The third kappa shape index (κ3) is 6.07. The molecule has 1 amide bonds. The van der Waals surface area contributed by atoms with Crippen molar-refractivity contribution in [1.82, 2.24) is 10.6 Å². The van der Waals surface area contributed by atoms with Crippen LogP contribution in [0.25, 0.3) is 16.5 Å². The van der Waals surface area contributed by atoms with Crippen LogP contribution in [0.2, 0.25) is 0 Å². The van der Waals surface area contributed by atoms with Crippen LogP contribution in [-0.2, 0) is 4.79 Å². The lowest BCUT2D eigenvalue weighted by Crippen LogP contribution is -2.27. The number of carbonyl (C=O) groups is 2. The standard InChI is InChI=1S/C19H21NO.C3H4F3NO/c1-3-20-19(14-7-6-8-14)18-12-11-15(13(2)21)16-9-4-5-10-17(16)18;4-3(5,6)1-7-2-8/h4-5,9-12,20H,3,6-8H2,1-2H3;2H,1H2,(H,7,8). The number of alkyl halides is 3. The van der Waals surface area contributed by atoms with E-state index in [9.17, 15) is 22.8 Å². The van der Waals surface area contributed by atoms with Crippen LogP contribution in [0.5, 0.6) is 0 Å². The molecule has 0 aliphatic heterocycles. The topological polar surface area (TPSA) is 58.2 Å². The van der Waals surface area contributed by atoms with Crippen LogP contribution in [0.4, 0.5) is 13.2 Å². The molecule has 29 heavy (non-hydrogen) atoms. The van der Waals surface area contributed by atoms with E-state index in [0.29, 0.717) is 0 Å². The van der Waals surface area contributed by atoms with Crippen LogP contribution < -0.4 is 10.6 Å². The molecule has 1 fully saturated rings. The summed E-state index contributed by atoms with van der Waals surface area (Å²) in [7, 11) is 0. The SMILES string of the molecule is CCNC(=C1CCC1)c1ccc(C(C)=O)c2ccccc12.O=CNCC(F)(F)F. The summed E-state index contributed by atoms with van der Waals surface area (Å²) in [5.74, 6) is 0.124. The Morgan fingerprint density at radius 3 is 2.07 bits per heavy atom. The minimum Gasteiger partial charge on any atom is -0.385 e. The molecule has 2 aromatic carbocycles. The highest BCUT2D eigenvalue weighted by Gasteiger charge is 2.25. The number of allylic oxidation sites excluding steroid dienone is 1. The van der Waals surface area contributed by atoms with Crippen LogP contribution in [0, 0.1) is 0 Å². The fourth-order valence-electron chi connectivity index (χ4n) is 3.17. The Morgan fingerprint density at radius 2 is 1.66 bits per heavy atom. The maximum Gasteiger partial charge on any atom is 0.405 e. The number of nitrogens with one attached hydrogen (secondary N) is 2. The molecule has 4 nitrogen and oxygen atoms in total. The molecule has 0 atom stereocenters. The quantitative estimate of drug-likeness (QED) is 0.533. The van der Waals surface area contributed by atoms with Crippen molar-refractivity contribution in [1.29, 1.82) is 0 Å². The Bertz CT molecular complexity index is 899. The summed E-state index contributed by atoms with van der Waals surface area (Å²) in [6.07, 6.45) is -0.627. The molecular formula is C22H25F3N2O2. The fourth-order valence-corrected chi connectivity index (χ4v) is 3.17. The zero-order chi connectivity index (χ0) is 21.4. The minimum absolute atomic E-state index is 0.00743.